The summed E-state index contributed by atoms with van der Waals surface area (Å²) in [7, 11) is 0. The number of benzene rings is 3. The van der Waals surface area contributed by atoms with Crippen LogP contribution >= 0.6 is 35.6 Å². The highest BCUT2D eigenvalue weighted by molar-refractivity contribution is 8.26. The number of anilines is 1. The lowest BCUT2D eigenvalue weighted by atomic mass is 10.2. The minimum Gasteiger partial charge on any atom is -0.490 e. The van der Waals surface area contributed by atoms with Crippen molar-refractivity contribution < 1.29 is 23.9 Å². The number of hydrazine groups is 1. The summed E-state index contributed by atoms with van der Waals surface area (Å²) in [5.41, 5.74) is 5.18. The first-order valence-electron chi connectivity index (χ1n) is 11.8. The van der Waals surface area contributed by atoms with Gasteiger partial charge in [-0.3, -0.25) is 19.8 Å². The van der Waals surface area contributed by atoms with Crippen LogP contribution in [0.15, 0.2) is 71.6 Å². The van der Waals surface area contributed by atoms with Crippen LogP contribution in [0, 0.1) is 6.92 Å². The Labute approximate surface area is 240 Å². The number of aryl methyl sites for hydroxylation is 1. The van der Waals surface area contributed by atoms with E-state index in [0.717, 1.165) is 22.3 Å². The minimum atomic E-state index is -0.490. The molecule has 3 aromatic rings. The van der Waals surface area contributed by atoms with Crippen molar-refractivity contribution in [2.24, 2.45) is 0 Å². The third kappa shape index (κ3) is 7.17. The van der Waals surface area contributed by atoms with Crippen LogP contribution in [-0.4, -0.2) is 40.3 Å². The van der Waals surface area contributed by atoms with Gasteiger partial charge in [-0.2, -0.15) is 5.01 Å². The van der Waals surface area contributed by atoms with Gasteiger partial charge in [0.25, 0.3) is 17.7 Å². The van der Waals surface area contributed by atoms with E-state index in [0.29, 0.717) is 44.8 Å². The molecule has 2 N–H and O–H groups in total. The molecule has 1 aliphatic rings. The maximum atomic E-state index is 13.0. The Morgan fingerprint density at radius 3 is 2.51 bits per heavy atom. The number of ether oxygens (including phenoxy) is 2. The molecule has 1 fully saturated rings. The second-order valence-electron chi connectivity index (χ2n) is 8.26. The predicted octanol–water partition coefficient (Wildman–Crippen LogP) is 5.61. The molecule has 3 aromatic carbocycles. The number of rotatable bonds is 9. The molecular formula is C28H24ClN3O5S2. The minimum absolute atomic E-state index is 0.193. The van der Waals surface area contributed by atoms with Crippen molar-refractivity contribution in [1.82, 2.24) is 10.4 Å². The summed E-state index contributed by atoms with van der Waals surface area (Å²) in [6.45, 7) is 3.90. The molecule has 1 aliphatic heterocycles. The van der Waals surface area contributed by atoms with Gasteiger partial charge in [0.2, 0.25) is 0 Å². The van der Waals surface area contributed by atoms with Crippen molar-refractivity contribution in [2.45, 2.75) is 13.8 Å². The van der Waals surface area contributed by atoms with Crippen LogP contribution in [0.5, 0.6) is 11.5 Å². The van der Waals surface area contributed by atoms with E-state index in [9.17, 15) is 14.4 Å². The van der Waals surface area contributed by atoms with Gasteiger partial charge in [-0.25, -0.2) is 0 Å². The number of halogens is 1. The van der Waals surface area contributed by atoms with E-state index in [-0.39, 0.29) is 16.8 Å². The van der Waals surface area contributed by atoms with Gasteiger partial charge in [-0.15, -0.1) is 0 Å². The summed E-state index contributed by atoms with van der Waals surface area (Å²) < 4.78 is 11.6. The maximum Gasteiger partial charge on any atom is 0.285 e. The smallest absolute Gasteiger partial charge is 0.285 e. The second kappa shape index (κ2) is 12.8. The maximum absolute atomic E-state index is 13.0. The molecule has 0 spiro atoms. The first kappa shape index (κ1) is 28.2. The van der Waals surface area contributed by atoms with Gasteiger partial charge in [0.15, 0.2) is 22.4 Å². The highest BCUT2D eigenvalue weighted by atomic mass is 35.5. The van der Waals surface area contributed by atoms with Crippen LogP contribution in [-0.2, 0) is 9.59 Å². The highest BCUT2D eigenvalue weighted by Gasteiger charge is 2.33. The number of hydrogen-bond donors (Lipinski definition) is 2. The topological polar surface area (TPSA) is 97.0 Å². The molecule has 3 amide bonds. The van der Waals surface area contributed by atoms with Crippen molar-refractivity contribution in [2.75, 3.05) is 18.5 Å². The van der Waals surface area contributed by atoms with Crippen molar-refractivity contribution in [1.29, 1.82) is 0 Å². The van der Waals surface area contributed by atoms with Crippen molar-refractivity contribution in [3.05, 3.63) is 93.3 Å². The van der Waals surface area contributed by atoms with Gasteiger partial charge >= 0.3 is 0 Å². The zero-order valence-corrected chi connectivity index (χ0v) is 23.4. The quantitative estimate of drug-likeness (QED) is 0.250. The van der Waals surface area contributed by atoms with Crippen molar-refractivity contribution in [3.63, 3.8) is 0 Å². The Balaban J connectivity index is 1.43. The Hall–Kier alpha value is -3.86. The summed E-state index contributed by atoms with van der Waals surface area (Å²) in [4.78, 5) is 38.3. The average molecular weight is 582 g/mol. The van der Waals surface area contributed by atoms with Gasteiger partial charge in [0.05, 0.1) is 11.5 Å². The Kier molecular flexibility index (Phi) is 9.23. The lowest BCUT2D eigenvalue weighted by molar-refractivity contribution is -0.123. The van der Waals surface area contributed by atoms with Crippen LogP contribution in [0.3, 0.4) is 0 Å². The summed E-state index contributed by atoms with van der Waals surface area (Å²) in [6.07, 6.45) is 1.64. The normalized spacial score (nSPS) is 13.9. The van der Waals surface area contributed by atoms with E-state index >= 15 is 0 Å². The molecule has 39 heavy (non-hydrogen) atoms. The zero-order chi connectivity index (χ0) is 27.9. The van der Waals surface area contributed by atoms with Gasteiger partial charge in [0, 0.05) is 16.3 Å². The largest absolute Gasteiger partial charge is 0.490 e. The highest BCUT2D eigenvalue weighted by Crippen LogP contribution is 2.34. The predicted molar refractivity (Wildman–Crippen MR) is 157 cm³/mol. The van der Waals surface area contributed by atoms with Gasteiger partial charge in [0.1, 0.15) is 0 Å². The van der Waals surface area contributed by atoms with E-state index in [4.69, 9.17) is 33.3 Å². The summed E-state index contributed by atoms with van der Waals surface area (Å²) in [5.74, 6) is -0.451. The number of carbonyl (C=O) groups excluding carboxylic acids is 3. The number of nitrogens with one attached hydrogen (secondary N) is 2. The fraction of sp³-hybridized carbons (Fsp3) is 0.143. The van der Waals surface area contributed by atoms with E-state index < -0.39 is 11.8 Å². The summed E-state index contributed by atoms with van der Waals surface area (Å²) in [6, 6.07) is 18.8. The fourth-order valence-electron chi connectivity index (χ4n) is 3.53. The third-order valence-corrected chi connectivity index (χ3v) is 7.01. The third-order valence-electron chi connectivity index (χ3n) is 5.46. The van der Waals surface area contributed by atoms with Gasteiger partial charge in [-0.05, 0) is 85.7 Å². The molecule has 0 radical (unpaired) electrons. The molecule has 1 saturated heterocycles. The monoisotopic (exact) mass is 581 g/mol. The lowest BCUT2D eigenvalue weighted by Gasteiger charge is -2.15. The van der Waals surface area contributed by atoms with Crippen LogP contribution < -0.4 is 20.2 Å². The number of para-hydroxylation sites is 1. The van der Waals surface area contributed by atoms with E-state index in [2.05, 4.69) is 10.7 Å². The van der Waals surface area contributed by atoms with Crippen LogP contribution in [0.2, 0.25) is 5.02 Å². The fourth-order valence-corrected chi connectivity index (χ4v) is 4.83. The van der Waals surface area contributed by atoms with Gasteiger partial charge in [-0.1, -0.05) is 47.6 Å². The Morgan fingerprint density at radius 1 is 1.05 bits per heavy atom. The van der Waals surface area contributed by atoms with E-state index in [1.165, 1.54) is 0 Å². The molecular weight excluding hydrogens is 558 g/mol. The molecule has 0 saturated carbocycles. The number of carbonyl (C=O) groups is 3. The van der Waals surface area contributed by atoms with Crippen LogP contribution in [0.4, 0.5) is 5.69 Å². The number of thiocarbonyl (C=S) groups is 1. The average Bonchev–Trinajstić information content (AvgIpc) is 3.17. The van der Waals surface area contributed by atoms with Gasteiger partial charge < -0.3 is 14.8 Å². The molecule has 0 unspecified atom stereocenters. The summed E-state index contributed by atoms with van der Waals surface area (Å²) >= 11 is 12.2. The number of amides is 3. The van der Waals surface area contributed by atoms with Crippen LogP contribution in [0.1, 0.15) is 28.4 Å². The van der Waals surface area contributed by atoms with Crippen LogP contribution in [0.25, 0.3) is 6.08 Å². The summed E-state index contributed by atoms with van der Waals surface area (Å²) in [5, 5.41) is 4.36. The number of hydrogen-bond acceptors (Lipinski definition) is 7. The standard InChI is InChI=1S/C28H24ClN3O5S2/c1-3-36-23-14-18(8-13-22(23)37-16-25(33)30-21-7-5-4-6-17(21)2)15-24-27(35)32(28(38)39-24)31-26(34)19-9-11-20(29)12-10-19/h4-15H,3,16H2,1-2H3,(H,30,33)(H,31,34)/b24-15-. The van der Waals surface area contributed by atoms with E-state index in [1.807, 2.05) is 38.1 Å². The first-order valence-corrected chi connectivity index (χ1v) is 13.4. The van der Waals surface area contributed by atoms with Crippen molar-refractivity contribution in [3.8, 4) is 11.5 Å². The zero-order valence-electron chi connectivity index (χ0n) is 21.0. The molecule has 200 valence electrons. The molecule has 0 bridgehead atoms. The lowest BCUT2D eigenvalue weighted by Crippen LogP contribution is -2.44. The number of nitrogens with zero attached hydrogens (tertiary/aromatic N) is 1. The SMILES string of the molecule is CCOc1cc(/C=C2\SC(=S)N(NC(=O)c3ccc(Cl)cc3)C2=O)ccc1OCC(=O)Nc1ccccc1C. The van der Waals surface area contributed by atoms with E-state index in [1.54, 1.807) is 48.5 Å². The molecule has 11 heteroatoms. The molecule has 8 nitrogen and oxygen atoms in total. The molecule has 4 rings (SSSR count). The Bertz CT molecular complexity index is 1460. The molecule has 0 aromatic heterocycles. The second-order valence-corrected chi connectivity index (χ2v) is 10.4. The first-order chi connectivity index (χ1) is 18.7. The number of thioether (sulfide) groups is 1. The van der Waals surface area contributed by atoms with Crippen molar-refractivity contribution >= 4 is 69.4 Å². The Morgan fingerprint density at radius 2 is 1.79 bits per heavy atom. The molecule has 1 heterocycles. The molecule has 0 atom stereocenters. The molecule has 0 aliphatic carbocycles.